The molecule has 0 unspecified atom stereocenters. The van der Waals surface area contributed by atoms with Crippen LogP contribution in [0.4, 0.5) is 4.39 Å². The van der Waals surface area contributed by atoms with Crippen molar-refractivity contribution in [3.63, 3.8) is 0 Å². The lowest BCUT2D eigenvalue weighted by Gasteiger charge is -2.18. The first-order valence-corrected chi connectivity index (χ1v) is 8.50. The first-order valence-electron chi connectivity index (χ1n) is 8.50. The van der Waals surface area contributed by atoms with Crippen LogP contribution in [0.2, 0.25) is 0 Å². The fraction of sp³-hybridized carbons (Fsp3) is 0.200. The largest absolute Gasteiger partial charge is 0.486 e. The third-order valence-corrected chi connectivity index (χ3v) is 4.32. The molecule has 0 saturated carbocycles. The van der Waals surface area contributed by atoms with Crippen LogP contribution < -0.4 is 14.8 Å². The highest BCUT2D eigenvalue weighted by molar-refractivity contribution is 5.93. The molecule has 0 fully saturated rings. The maximum Gasteiger partial charge on any atom is 0.273 e. The molecule has 27 heavy (non-hydrogen) atoms. The molecular formula is C20H17FN2O4. The van der Waals surface area contributed by atoms with Gasteiger partial charge in [-0.05, 0) is 48.4 Å². The predicted octanol–water partition coefficient (Wildman–Crippen LogP) is 3.49. The number of fused-ring (bicyclic) bond motifs is 1. The fourth-order valence-electron chi connectivity index (χ4n) is 2.81. The van der Waals surface area contributed by atoms with E-state index >= 15 is 0 Å². The summed E-state index contributed by atoms with van der Waals surface area (Å²) in [5, 5.41) is 6.55. The van der Waals surface area contributed by atoms with Gasteiger partial charge in [-0.1, -0.05) is 11.2 Å². The van der Waals surface area contributed by atoms with E-state index in [1.165, 1.54) is 12.1 Å². The lowest BCUT2D eigenvalue weighted by atomic mass is 10.1. The zero-order valence-electron chi connectivity index (χ0n) is 14.6. The molecule has 0 aliphatic carbocycles. The number of benzene rings is 2. The second kappa shape index (κ2) is 7.11. The van der Waals surface area contributed by atoms with Gasteiger partial charge in [0.05, 0.1) is 0 Å². The summed E-state index contributed by atoms with van der Waals surface area (Å²) in [6, 6.07) is 11.4. The van der Waals surface area contributed by atoms with Gasteiger partial charge in [-0.2, -0.15) is 0 Å². The zero-order valence-corrected chi connectivity index (χ0v) is 14.6. The van der Waals surface area contributed by atoms with E-state index in [4.69, 9.17) is 14.0 Å². The Bertz CT molecular complexity index is 999. The van der Waals surface area contributed by atoms with Crippen molar-refractivity contribution < 1.29 is 23.2 Å². The summed E-state index contributed by atoms with van der Waals surface area (Å²) < 4.78 is 29.7. The summed E-state index contributed by atoms with van der Waals surface area (Å²) in [6.07, 6.45) is 0. The number of nitrogens with one attached hydrogen (secondary N) is 1. The van der Waals surface area contributed by atoms with E-state index < -0.39 is 5.91 Å². The molecule has 7 heteroatoms. The predicted molar refractivity (Wildman–Crippen MR) is 95.2 cm³/mol. The van der Waals surface area contributed by atoms with Gasteiger partial charge < -0.3 is 19.3 Å². The Morgan fingerprint density at radius 3 is 2.78 bits per heavy atom. The van der Waals surface area contributed by atoms with E-state index in [1.54, 1.807) is 24.3 Å². The minimum atomic E-state index is -0.397. The Hall–Kier alpha value is -3.35. The molecule has 0 atom stereocenters. The lowest BCUT2D eigenvalue weighted by Crippen LogP contribution is -2.23. The monoisotopic (exact) mass is 368 g/mol. The number of carbonyl (C=O) groups is 1. The van der Waals surface area contributed by atoms with Gasteiger partial charge in [-0.15, -0.1) is 0 Å². The molecule has 3 aromatic rings. The fourth-order valence-corrected chi connectivity index (χ4v) is 2.81. The Kier molecular flexibility index (Phi) is 4.50. The number of amides is 1. The Morgan fingerprint density at radius 1 is 1.11 bits per heavy atom. The lowest BCUT2D eigenvalue weighted by molar-refractivity contribution is 0.0942. The van der Waals surface area contributed by atoms with Gasteiger partial charge in [-0.25, -0.2) is 4.39 Å². The third kappa shape index (κ3) is 3.62. The van der Waals surface area contributed by atoms with Gasteiger partial charge in [0.2, 0.25) is 0 Å². The first-order chi connectivity index (χ1) is 13.1. The number of carbonyl (C=O) groups excluding carboxylic acids is 1. The number of hydrogen-bond donors (Lipinski definition) is 1. The maximum absolute atomic E-state index is 13.3. The van der Waals surface area contributed by atoms with Gasteiger partial charge in [0.25, 0.3) is 5.91 Å². The van der Waals surface area contributed by atoms with Crippen LogP contribution in [0.15, 0.2) is 47.0 Å². The van der Waals surface area contributed by atoms with Gasteiger partial charge in [0.15, 0.2) is 23.0 Å². The number of nitrogens with zero attached hydrogens (tertiary/aromatic N) is 1. The van der Waals surface area contributed by atoms with Crippen LogP contribution >= 0.6 is 0 Å². The van der Waals surface area contributed by atoms with Gasteiger partial charge >= 0.3 is 0 Å². The van der Waals surface area contributed by atoms with Crippen LogP contribution in [0.25, 0.3) is 11.3 Å². The van der Waals surface area contributed by atoms with Gasteiger partial charge in [0.1, 0.15) is 19.0 Å². The molecule has 2 aromatic carbocycles. The Labute approximate surface area is 154 Å². The average Bonchev–Trinajstić information content (AvgIpc) is 3.18. The van der Waals surface area contributed by atoms with E-state index in [2.05, 4.69) is 10.5 Å². The third-order valence-electron chi connectivity index (χ3n) is 4.32. The summed E-state index contributed by atoms with van der Waals surface area (Å²) in [4.78, 5) is 12.3. The topological polar surface area (TPSA) is 73.6 Å². The average molecular weight is 368 g/mol. The summed E-state index contributed by atoms with van der Waals surface area (Å²) in [6.45, 7) is 3.06. The van der Waals surface area contributed by atoms with Crippen LogP contribution in [0.3, 0.4) is 0 Å². The SMILES string of the molecule is Cc1ccc(F)cc1CNC(=O)c1cc(-c2ccc3c(c2)OCCO3)on1. The molecule has 1 N–H and O–H groups in total. The highest BCUT2D eigenvalue weighted by Crippen LogP contribution is 2.34. The Morgan fingerprint density at radius 2 is 1.93 bits per heavy atom. The van der Waals surface area contributed by atoms with E-state index in [-0.39, 0.29) is 18.1 Å². The van der Waals surface area contributed by atoms with Crippen molar-refractivity contribution in [3.8, 4) is 22.8 Å². The van der Waals surface area contributed by atoms with Crippen LogP contribution in [0, 0.1) is 12.7 Å². The highest BCUT2D eigenvalue weighted by Gasteiger charge is 2.17. The molecular weight excluding hydrogens is 351 g/mol. The minimum absolute atomic E-state index is 0.147. The molecule has 0 radical (unpaired) electrons. The van der Waals surface area contributed by atoms with Gasteiger partial charge in [0, 0.05) is 18.2 Å². The van der Waals surface area contributed by atoms with E-state index in [0.717, 1.165) is 11.1 Å². The normalized spacial score (nSPS) is 12.7. The smallest absolute Gasteiger partial charge is 0.273 e. The molecule has 0 saturated heterocycles. The molecule has 1 amide bonds. The van der Waals surface area contributed by atoms with E-state index in [9.17, 15) is 9.18 Å². The Balaban J connectivity index is 1.47. The van der Waals surface area contributed by atoms with Crippen LogP contribution in [0.5, 0.6) is 11.5 Å². The van der Waals surface area contributed by atoms with E-state index in [1.807, 2.05) is 13.0 Å². The summed E-state index contributed by atoms with van der Waals surface area (Å²) in [7, 11) is 0. The molecule has 0 spiro atoms. The van der Waals surface area contributed by atoms with Crippen molar-refractivity contribution in [1.82, 2.24) is 10.5 Å². The number of aromatic nitrogens is 1. The molecule has 1 aliphatic rings. The quantitative estimate of drug-likeness (QED) is 0.763. The number of ether oxygens (including phenoxy) is 2. The van der Waals surface area contributed by atoms with Crippen molar-refractivity contribution >= 4 is 5.91 Å². The van der Waals surface area contributed by atoms with Crippen LogP contribution in [-0.2, 0) is 6.54 Å². The summed E-state index contributed by atoms with van der Waals surface area (Å²) >= 11 is 0. The number of halogens is 1. The van der Waals surface area contributed by atoms with Crippen molar-refractivity contribution in [3.05, 3.63) is 65.1 Å². The molecule has 4 rings (SSSR count). The molecule has 1 aromatic heterocycles. The summed E-state index contributed by atoms with van der Waals surface area (Å²) in [5.74, 6) is 1.01. The maximum atomic E-state index is 13.3. The second-order valence-corrected chi connectivity index (χ2v) is 6.19. The van der Waals surface area contributed by atoms with Crippen molar-refractivity contribution in [1.29, 1.82) is 0 Å². The summed E-state index contributed by atoms with van der Waals surface area (Å²) in [5.41, 5.74) is 2.48. The minimum Gasteiger partial charge on any atom is -0.486 e. The van der Waals surface area contributed by atoms with Crippen molar-refractivity contribution in [2.24, 2.45) is 0 Å². The van der Waals surface area contributed by atoms with Gasteiger partial charge in [-0.3, -0.25) is 4.79 Å². The van der Waals surface area contributed by atoms with Crippen LogP contribution in [0.1, 0.15) is 21.6 Å². The number of aryl methyl sites for hydroxylation is 1. The molecule has 138 valence electrons. The number of hydrogen-bond acceptors (Lipinski definition) is 5. The highest BCUT2D eigenvalue weighted by atomic mass is 19.1. The van der Waals surface area contributed by atoms with E-state index in [0.29, 0.717) is 36.0 Å². The molecule has 6 nitrogen and oxygen atoms in total. The first kappa shape index (κ1) is 17.1. The van der Waals surface area contributed by atoms with Crippen molar-refractivity contribution in [2.75, 3.05) is 13.2 Å². The second-order valence-electron chi connectivity index (χ2n) is 6.19. The molecule has 0 bridgehead atoms. The van der Waals surface area contributed by atoms with Crippen molar-refractivity contribution in [2.45, 2.75) is 13.5 Å². The number of rotatable bonds is 4. The molecule has 2 heterocycles. The van der Waals surface area contributed by atoms with Crippen LogP contribution in [-0.4, -0.2) is 24.3 Å². The molecule has 1 aliphatic heterocycles. The standard InChI is InChI=1S/C20H17FN2O4/c1-12-2-4-15(21)8-14(12)11-22-20(24)16-10-18(27-23-16)13-3-5-17-19(9-13)26-7-6-25-17/h2-5,8-10H,6-7,11H2,1H3,(H,22,24). The zero-order chi connectivity index (χ0) is 18.8.